The Morgan fingerprint density at radius 2 is 2.00 bits per heavy atom. The summed E-state index contributed by atoms with van der Waals surface area (Å²) in [5.41, 5.74) is 0.953. The molecule has 0 saturated heterocycles. The van der Waals surface area contributed by atoms with Crippen LogP contribution in [0.4, 0.5) is 0 Å². The maximum absolute atomic E-state index is 9.01. The SMILES string of the molecule is CSc1cc(CO)cc(Br)c1SC. The van der Waals surface area contributed by atoms with E-state index in [0.717, 1.165) is 10.0 Å². The van der Waals surface area contributed by atoms with Crippen molar-refractivity contribution in [2.75, 3.05) is 12.5 Å². The molecular weight excluding hydrogens is 268 g/mol. The van der Waals surface area contributed by atoms with Gasteiger partial charge in [-0.2, -0.15) is 0 Å². The van der Waals surface area contributed by atoms with E-state index in [-0.39, 0.29) is 6.61 Å². The van der Waals surface area contributed by atoms with Crippen LogP contribution in [0.3, 0.4) is 0 Å². The Labute approximate surface area is 95.4 Å². The van der Waals surface area contributed by atoms with Gasteiger partial charge in [-0.25, -0.2) is 0 Å². The second-order valence-corrected chi connectivity index (χ2v) is 4.99. The van der Waals surface area contributed by atoms with Crippen LogP contribution in [0, 0.1) is 0 Å². The first kappa shape index (κ1) is 11.4. The lowest BCUT2D eigenvalue weighted by Crippen LogP contribution is -1.87. The average molecular weight is 279 g/mol. The predicted octanol–water partition coefficient (Wildman–Crippen LogP) is 3.39. The third-order valence-electron chi connectivity index (χ3n) is 1.68. The van der Waals surface area contributed by atoms with Crippen molar-refractivity contribution in [3.8, 4) is 0 Å². The molecule has 4 heteroatoms. The standard InChI is InChI=1S/C9H11BrOS2/c1-12-8-4-6(5-11)3-7(10)9(8)13-2/h3-4,11H,5H2,1-2H3. The fourth-order valence-corrected chi connectivity index (χ4v) is 3.77. The van der Waals surface area contributed by atoms with Gasteiger partial charge in [-0.05, 0) is 46.1 Å². The van der Waals surface area contributed by atoms with Crippen LogP contribution >= 0.6 is 39.5 Å². The number of aliphatic hydroxyl groups is 1. The normalized spacial score (nSPS) is 10.5. The van der Waals surface area contributed by atoms with E-state index >= 15 is 0 Å². The molecule has 0 fully saturated rings. The first-order chi connectivity index (χ1) is 6.22. The summed E-state index contributed by atoms with van der Waals surface area (Å²) in [6.07, 6.45) is 4.10. The lowest BCUT2D eigenvalue weighted by molar-refractivity contribution is 0.281. The van der Waals surface area contributed by atoms with Crippen LogP contribution in [-0.4, -0.2) is 17.6 Å². The largest absolute Gasteiger partial charge is 0.392 e. The molecule has 0 unspecified atom stereocenters. The third kappa shape index (κ3) is 2.65. The van der Waals surface area contributed by atoms with Gasteiger partial charge in [0.15, 0.2) is 0 Å². The van der Waals surface area contributed by atoms with E-state index in [9.17, 15) is 0 Å². The lowest BCUT2D eigenvalue weighted by Gasteiger charge is -2.09. The van der Waals surface area contributed by atoms with Crippen molar-refractivity contribution in [1.29, 1.82) is 0 Å². The van der Waals surface area contributed by atoms with Crippen molar-refractivity contribution >= 4 is 39.5 Å². The molecule has 0 radical (unpaired) electrons. The molecule has 0 heterocycles. The van der Waals surface area contributed by atoms with Gasteiger partial charge in [-0.1, -0.05) is 0 Å². The Balaban J connectivity index is 3.20. The molecule has 13 heavy (non-hydrogen) atoms. The van der Waals surface area contributed by atoms with E-state index < -0.39 is 0 Å². The van der Waals surface area contributed by atoms with Gasteiger partial charge in [0.25, 0.3) is 0 Å². The van der Waals surface area contributed by atoms with Crippen molar-refractivity contribution in [3.63, 3.8) is 0 Å². The van der Waals surface area contributed by atoms with Crippen LogP contribution < -0.4 is 0 Å². The van der Waals surface area contributed by atoms with Gasteiger partial charge >= 0.3 is 0 Å². The van der Waals surface area contributed by atoms with E-state index in [1.54, 1.807) is 23.5 Å². The number of thioether (sulfide) groups is 2. The number of aliphatic hydroxyl groups excluding tert-OH is 1. The predicted molar refractivity (Wildman–Crippen MR) is 63.6 cm³/mol. The molecule has 1 rings (SSSR count). The van der Waals surface area contributed by atoms with Gasteiger partial charge in [0.05, 0.1) is 6.61 Å². The summed E-state index contributed by atoms with van der Waals surface area (Å²) in [7, 11) is 0. The molecule has 0 saturated carbocycles. The highest BCUT2D eigenvalue weighted by Gasteiger charge is 2.06. The van der Waals surface area contributed by atoms with Crippen molar-refractivity contribution in [3.05, 3.63) is 22.2 Å². The summed E-state index contributed by atoms with van der Waals surface area (Å²) in [5.74, 6) is 0. The van der Waals surface area contributed by atoms with E-state index in [1.165, 1.54) is 9.79 Å². The second-order valence-electron chi connectivity index (χ2n) is 2.47. The van der Waals surface area contributed by atoms with Gasteiger partial charge in [0, 0.05) is 14.3 Å². The van der Waals surface area contributed by atoms with E-state index in [0.29, 0.717) is 0 Å². The zero-order valence-electron chi connectivity index (χ0n) is 7.50. The smallest absolute Gasteiger partial charge is 0.0682 e. The van der Waals surface area contributed by atoms with Crippen LogP contribution in [0.5, 0.6) is 0 Å². The topological polar surface area (TPSA) is 20.2 Å². The van der Waals surface area contributed by atoms with Crippen LogP contribution in [0.25, 0.3) is 0 Å². The number of benzene rings is 1. The van der Waals surface area contributed by atoms with E-state index in [4.69, 9.17) is 5.11 Å². The maximum atomic E-state index is 9.01. The van der Waals surface area contributed by atoms with Crippen LogP contribution in [0.1, 0.15) is 5.56 Å². The lowest BCUT2D eigenvalue weighted by atomic mass is 10.2. The van der Waals surface area contributed by atoms with Crippen LogP contribution in [-0.2, 0) is 6.61 Å². The highest BCUT2D eigenvalue weighted by Crippen LogP contribution is 2.35. The third-order valence-corrected chi connectivity index (χ3v) is 4.30. The number of hydrogen-bond donors (Lipinski definition) is 1. The van der Waals surface area contributed by atoms with Crippen molar-refractivity contribution in [2.45, 2.75) is 16.4 Å². The molecule has 1 aromatic carbocycles. The monoisotopic (exact) mass is 278 g/mol. The zero-order valence-corrected chi connectivity index (χ0v) is 10.7. The molecule has 1 N–H and O–H groups in total. The summed E-state index contributed by atoms with van der Waals surface area (Å²) in [4.78, 5) is 2.45. The molecule has 1 aromatic rings. The molecule has 0 aliphatic heterocycles. The molecular formula is C9H11BrOS2. The minimum absolute atomic E-state index is 0.0980. The van der Waals surface area contributed by atoms with Gasteiger partial charge < -0.3 is 5.11 Å². The Kier molecular flexibility index (Phi) is 4.66. The highest BCUT2D eigenvalue weighted by atomic mass is 79.9. The molecule has 0 bridgehead atoms. The van der Waals surface area contributed by atoms with Gasteiger partial charge in [-0.15, -0.1) is 23.5 Å². The fraction of sp³-hybridized carbons (Fsp3) is 0.333. The number of rotatable bonds is 3. The Morgan fingerprint density at radius 1 is 1.31 bits per heavy atom. The summed E-state index contributed by atoms with van der Waals surface area (Å²) in [6, 6.07) is 3.99. The average Bonchev–Trinajstić information content (AvgIpc) is 2.16. The second kappa shape index (κ2) is 5.29. The quantitative estimate of drug-likeness (QED) is 0.856. The highest BCUT2D eigenvalue weighted by molar-refractivity contribution is 9.10. The van der Waals surface area contributed by atoms with E-state index in [1.807, 2.05) is 18.4 Å². The maximum Gasteiger partial charge on any atom is 0.0682 e. The Bertz CT molecular complexity index is 302. The van der Waals surface area contributed by atoms with Crippen LogP contribution in [0.15, 0.2) is 26.4 Å². The molecule has 0 amide bonds. The Hall–Kier alpha value is 0.360. The van der Waals surface area contributed by atoms with Crippen molar-refractivity contribution < 1.29 is 5.11 Å². The first-order valence-corrected chi connectivity index (χ1v) is 6.98. The van der Waals surface area contributed by atoms with Crippen molar-refractivity contribution in [1.82, 2.24) is 0 Å². The molecule has 0 aromatic heterocycles. The Morgan fingerprint density at radius 3 is 2.46 bits per heavy atom. The summed E-state index contributed by atoms with van der Waals surface area (Å²) in [5, 5.41) is 9.01. The molecule has 0 aliphatic rings. The van der Waals surface area contributed by atoms with Crippen LogP contribution in [0.2, 0.25) is 0 Å². The number of halogens is 1. The molecule has 0 aliphatic carbocycles. The summed E-state index contributed by atoms with van der Waals surface area (Å²) < 4.78 is 1.07. The molecule has 72 valence electrons. The van der Waals surface area contributed by atoms with E-state index in [2.05, 4.69) is 22.2 Å². The van der Waals surface area contributed by atoms with Gasteiger partial charge in [-0.3, -0.25) is 0 Å². The first-order valence-electron chi connectivity index (χ1n) is 3.74. The fourth-order valence-electron chi connectivity index (χ4n) is 1.06. The molecule has 0 atom stereocenters. The summed E-state index contributed by atoms with van der Waals surface area (Å²) in [6.45, 7) is 0.0980. The summed E-state index contributed by atoms with van der Waals surface area (Å²) >= 11 is 6.91. The van der Waals surface area contributed by atoms with Gasteiger partial charge in [0.1, 0.15) is 0 Å². The zero-order chi connectivity index (χ0) is 9.84. The van der Waals surface area contributed by atoms with Crippen molar-refractivity contribution in [2.24, 2.45) is 0 Å². The molecule has 0 spiro atoms. The minimum atomic E-state index is 0.0980. The number of hydrogen-bond acceptors (Lipinski definition) is 3. The molecule has 1 nitrogen and oxygen atoms in total. The van der Waals surface area contributed by atoms with Gasteiger partial charge in [0.2, 0.25) is 0 Å². The minimum Gasteiger partial charge on any atom is -0.392 e.